The van der Waals surface area contributed by atoms with Gasteiger partial charge in [-0.05, 0) is 64.6 Å². The molecule has 0 bridgehead atoms. The third-order valence-corrected chi connectivity index (χ3v) is 10.5. The van der Waals surface area contributed by atoms with Crippen molar-refractivity contribution in [3.05, 3.63) is 35.5 Å². The van der Waals surface area contributed by atoms with Crippen molar-refractivity contribution in [2.45, 2.75) is 64.0 Å². The number of allylic oxidation sites excluding steroid dienone is 1. The highest BCUT2D eigenvalue weighted by Gasteiger charge is 2.33. The lowest BCUT2D eigenvalue weighted by Gasteiger charge is -2.35. The minimum absolute atomic E-state index is 0.191. The maximum atomic E-state index is 12.8. The summed E-state index contributed by atoms with van der Waals surface area (Å²) in [5, 5.41) is 3.89. The predicted molar refractivity (Wildman–Crippen MR) is 155 cm³/mol. The molecule has 2 saturated heterocycles. The number of unbranched alkanes of at least 4 members (excludes halogenated alkanes) is 1. The Kier molecular flexibility index (Phi) is 12.8. The molecule has 3 aliphatic rings. The molecular weight excluding hydrogens is 504 g/mol. The Labute approximate surface area is 230 Å². The molecule has 0 aromatic rings. The Morgan fingerprint density at radius 1 is 1.03 bits per heavy atom. The first-order valence-electron chi connectivity index (χ1n) is 13.8. The Morgan fingerprint density at radius 2 is 1.73 bits per heavy atom. The Hall–Kier alpha value is -1.55. The Morgan fingerprint density at radius 3 is 2.35 bits per heavy atom. The van der Waals surface area contributed by atoms with E-state index in [1.54, 1.807) is 12.2 Å². The number of carbonyl (C=O) groups is 3. The second-order valence-corrected chi connectivity index (χ2v) is 12.8. The molecule has 206 valence electrons. The van der Waals surface area contributed by atoms with Crippen molar-refractivity contribution in [2.75, 3.05) is 58.1 Å². The van der Waals surface area contributed by atoms with Gasteiger partial charge in [0.1, 0.15) is 0 Å². The molecule has 0 aromatic heterocycles. The number of hydrogen-bond donors (Lipinski definition) is 1. The zero-order valence-corrected chi connectivity index (χ0v) is 24.3. The van der Waals surface area contributed by atoms with E-state index in [0.29, 0.717) is 29.7 Å². The maximum absolute atomic E-state index is 12.8. The molecule has 1 N–H and O–H groups in total. The highest BCUT2D eigenvalue weighted by molar-refractivity contribution is 8.77. The first kappa shape index (κ1) is 30.0. The minimum Gasteiger partial charge on any atom is -0.356 e. The van der Waals surface area contributed by atoms with Crippen LogP contribution in [0.4, 0.5) is 0 Å². The van der Waals surface area contributed by atoms with Gasteiger partial charge in [-0.2, -0.15) is 0 Å². The zero-order valence-electron chi connectivity index (χ0n) is 22.6. The lowest BCUT2D eigenvalue weighted by atomic mass is 9.94. The van der Waals surface area contributed by atoms with E-state index in [9.17, 15) is 14.4 Å². The van der Waals surface area contributed by atoms with E-state index in [0.717, 1.165) is 76.7 Å². The fourth-order valence-corrected chi connectivity index (χ4v) is 8.19. The quantitative estimate of drug-likeness (QED) is 0.152. The molecule has 9 heteroatoms. The molecule has 0 saturated carbocycles. The van der Waals surface area contributed by atoms with Gasteiger partial charge in [0.25, 0.3) is 11.8 Å². The van der Waals surface area contributed by atoms with Crippen molar-refractivity contribution in [1.29, 1.82) is 0 Å². The van der Waals surface area contributed by atoms with Gasteiger partial charge in [0, 0.05) is 67.8 Å². The summed E-state index contributed by atoms with van der Waals surface area (Å²) >= 11 is 0. The molecule has 0 aliphatic carbocycles. The molecule has 3 heterocycles. The van der Waals surface area contributed by atoms with Crippen molar-refractivity contribution >= 4 is 39.3 Å². The SMILES string of the molecule is C=CC1=C(C)/C(=C\C)C(=O)N(CCCN2CCN(CCCNC(=O)CCCCC3CCSS3)CC2)C1=O. The lowest BCUT2D eigenvalue weighted by Crippen LogP contribution is -2.48. The minimum atomic E-state index is -0.234. The van der Waals surface area contributed by atoms with Crippen LogP contribution in [0, 0.1) is 0 Å². The van der Waals surface area contributed by atoms with Crippen LogP contribution in [0.15, 0.2) is 35.5 Å². The summed E-state index contributed by atoms with van der Waals surface area (Å²) in [6.07, 6.45) is 10.5. The van der Waals surface area contributed by atoms with Gasteiger partial charge in [-0.1, -0.05) is 46.7 Å². The average molecular weight is 549 g/mol. The second kappa shape index (κ2) is 15.8. The first-order chi connectivity index (χ1) is 17.9. The van der Waals surface area contributed by atoms with Crippen LogP contribution in [0.3, 0.4) is 0 Å². The molecule has 0 radical (unpaired) electrons. The topological polar surface area (TPSA) is 73.0 Å². The van der Waals surface area contributed by atoms with Crippen LogP contribution in [-0.4, -0.2) is 95.8 Å². The first-order valence-corrected chi connectivity index (χ1v) is 16.2. The number of imide groups is 1. The zero-order chi connectivity index (χ0) is 26.6. The number of nitrogens with zero attached hydrogens (tertiary/aromatic N) is 3. The Bertz CT molecular complexity index is 875. The van der Waals surface area contributed by atoms with Crippen LogP contribution in [-0.2, 0) is 14.4 Å². The fraction of sp³-hybridized carbons (Fsp3) is 0.679. The van der Waals surface area contributed by atoms with Gasteiger partial charge < -0.3 is 15.1 Å². The van der Waals surface area contributed by atoms with Gasteiger partial charge in [-0.25, -0.2) is 0 Å². The van der Waals surface area contributed by atoms with Crippen molar-refractivity contribution in [2.24, 2.45) is 0 Å². The number of nitrogens with one attached hydrogen (secondary N) is 1. The molecule has 1 unspecified atom stereocenters. The summed E-state index contributed by atoms with van der Waals surface area (Å²) in [4.78, 5) is 43.8. The predicted octanol–water partition coefficient (Wildman–Crippen LogP) is 4.03. The summed E-state index contributed by atoms with van der Waals surface area (Å²) in [7, 11) is 4.00. The lowest BCUT2D eigenvalue weighted by molar-refractivity contribution is -0.140. The molecular formula is C28H44N4O3S2. The summed E-state index contributed by atoms with van der Waals surface area (Å²) < 4.78 is 0. The Balaban J connectivity index is 1.24. The molecule has 2 fully saturated rings. The van der Waals surface area contributed by atoms with Crippen LogP contribution in [0.5, 0.6) is 0 Å². The highest BCUT2D eigenvalue weighted by atomic mass is 33.1. The van der Waals surface area contributed by atoms with E-state index >= 15 is 0 Å². The number of carbonyl (C=O) groups excluding carboxylic acids is 3. The molecule has 0 spiro atoms. The largest absolute Gasteiger partial charge is 0.356 e. The molecule has 37 heavy (non-hydrogen) atoms. The van der Waals surface area contributed by atoms with Crippen LogP contribution < -0.4 is 5.32 Å². The smallest absolute Gasteiger partial charge is 0.261 e. The van der Waals surface area contributed by atoms with Crippen molar-refractivity contribution in [3.8, 4) is 0 Å². The molecule has 3 aliphatic heterocycles. The van der Waals surface area contributed by atoms with Crippen molar-refractivity contribution < 1.29 is 14.4 Å². The summed E-state index contributed by atoms with van der Waals surface area (Å²) in [5.41, 5.74) is 1.83. The molecule has 7 nitrogen and oxygen atoms in total. The van der Waals surface area contributed by atoms with E-state index in [-0.39, 0.29) is 17.7 Å². The van der Waals surface area contributed by atoms with E-state index in [4.69, 9.17) is 0 Å². The van der Waals surface area contributed by atoms with Gasteiger partial charge in [0.15, 0.2) is 0 Å². The van der Waals surface area contributed by atoms with E-state index in [1.807, 2.05) is 35.4 Å². The summed E-state index contributed by atoms with van der Waals surface area (Å²) in [5.74, 6) is 1.04. The van der Waals surface area contributed by atoms with Crippen molar-refractivity contribution in [3.63, 3.8) is 0 Å². The van der Waals surface area contributed by atoms with E-state index in [1.165, 1.54) is 23.5 Å². The van der Waals surface area contributed by atoms with Crippen LogP contribution in [0.2, 0.25) is 0 Å². The molecule has 3 amide bonds. The number of rotatable bonds is 14. The standard InChI is InChI=1S/C28H44N4O3S2/c1-4-24-22(3)25(5-2)28(35)32(27(24)34)16-9-15-31-19-17-30(18-20-31)14-8-13-29-26(33)11-7-6-10-23-12-21-36-37-23/h4-5,23H,1,6-21H2,2-3H3,(H,29,33)/b25-5+. The third-order valence-electron chi connectivity index (χ3n) is 7.45. The molecule has 3 rings (SSSR count). The van der Waals surface area contributed by atoms with Gasteiger partial charge >= 0.3 is 0 Å². The normalized spacial score (nSPS) is 22.8. The average Bonchev–Trinajstić information content (AvgIpc) is 3.41. The number of piperazine rings is 1. The number of amides is 3. The van der Waals surface area contributed by atoms with Crippen LogP contribution in [0.1, 0.15) is 58.8 Å². The van der Waals surface area contributed by atoms with E-state index in [2.05, 4.69) is 21.7 Å². The van der Waals surface area contributed by atoms with Gasteiger partial charge in [0.2, 0.25) is 5.91 Å². The van der Waals surface area contributed by atoms with Crippen molar-refractivity contribution in [1.82, 2.24) is 20.0 Å². The van der Waals surface area contributed by atoms with Gasteiger partial charge in [0.05, 0.1) is 0 Å². The maximum Gasteiger partial charge on any atom is 0.261 e. The van der Waals surface area contributed by atoms with Crippen LogP contribution in [0.25, 0.3) is 0 Å². The fourth-order valence-electron chi connectivity index (χ4n) is 5.16. The highest BCUT2D eigenvalue weighted by Crippen LogP contribution is 2.39. The van der Waals surface area contributed by atoms with Crippen LogP contribution >= 0.6 is 21.6 Å². The van der Waals surface area contributed by atoms with E-state index < -0.39 is 0 Å². The van der Waals surface area contributed by atoms with Gasteiger partial charge in [-0.15, -0.1) is 0 Å². The molecule has 1 atom stereocenters. The van der Waals surface area contributed by atoms with Gasteiger partial charge in [-0.3, -0.25) is 19.3 Å². The monoisotopic (exact) mass is 548 g/mol. The number of hydrogen-bond acceptors (Lipinski definition) is 7. The summed E-state index contributed by atoms with van der Waals surface area (Å²) in [6, 6.07) is 0. The third kappa shape index (κ3) is 9.01. The second-order valence-electron chi connectivity index (χ2n) is 10.0. The summed E-state index contributed by atoms with van der Waals surface area (Å²) in [6.45, 7) is 14.5. The molecule has 0 aromatic carbocycles.